The number of rotatable bonds is 7. The summed E-state index contributed by atoms with van der Waals surface area (Å²) in [6, 6.07) is 2.43. The largest absolute Gasteiger partial charge is 0.359 e. The van der Waals surface area contributed by atoms with Crippen molar-refractivity contribution in [1.82, 2.24) is 19.7 Å². The van der Waals surface area contributed by atoms with Crippen molar-refractivity contribution < 1.29 is 9.13 Å². The van der Waals surface area contributed by atoms with Crippen molar-refractivity contribution in [2.45, 2.75) is 37.6 Å². The summed E-state index contributed by atoms with van der Waals surface area (Å²) in [6.07, 6.45) is 3.42. The molecule has 0 aromatic carbocycles. The number of halogens is 2. The third kappa shape index (κ3) is 5.37. The van der Waals surface area contributed by atoms with E-state index in [9.17, 15) is 4.39 Å². The van der Waals surface area contributed by atoms with Gasteiger partial charge in [0.1, 0.15) is 12.4 Å². The fraction of sp³-hybridized carbons (Fsp3) is 0.500. The van der Waals surface area contributed by atoms with E-state index < -0.39 is 13.9 Å². The second-order valence-corrected chi connectivity index (χ2v) is 13.6. The van der Waals surface area contributed by atoms with Gasteiger partial charge >= 0.3 is 0 Å². The highest BCUT2D eigenvalue weighted by Crippen LogP contribution is 2.23. The van der Waals surface area contributed by atoms with Crippen LogP contribution in [-0.2, 0) is 11.5 Å². The summed E-state index contributed by atoms with van der Waals surface area (Å²) in [5.41, 5.74) is 0.176. The van der Waals surface area contributed by atoms with Crippen LogP contribution >= 0.6 is 27.7 Å². The maximum absolute atomic E-state index is 14.2. The van der Waals surface area contributed by atoms with Crippen LogP contribution in [-0.4, -0.2) is 40.7 Å². The number of hydrogen-bond donors (Lipinski definition) is 0. The molecule has 9 heteroatoms. The van der Waals surface area contributed by atoms with Gasteiger partial charge in [-0.1, -0.05) is 31.4 Å². The molecule has 0 N–H and O–H groups in total. The summed E-state index contributed by atoms with van der Waals surface area (Å²) in [6.45, 7) is 7.79. The Hall–Kier alpha value is -0.773. The molecule has 0 unspecified atom stereocenters. The number of ether oxygens (including phenoxy) is 1. The monoisotopic (exact) mass is 418 g/mol. The number of aromatic nitrogens is 4. The van der Waals surface area contributed by atoms with E-state index in [1.165, 1.54) is 17.8 Å². The smallest absolute Gasteiger partial charge is 0.208 e. The summed E-state index contributed by atoms with van der Waals surface area (Å²) in [5, 5.41) is 4.91. The Morgan fingerprint density at radius 3 is 2.74 bits per heavy atom. The standard InChI is InChI=1S/C14H20BrFN4OSSi/c1-22-14-18-13(12-11(16)7-10(15)8-17-12)20(19-14)9-21-5-6-23(2,3)4/h7-8H,5-6,9H2,1-4H3. The molecule has 0 saturated heterocycles. The first-order chi connectivity index (χ1) is 10.8. The fourth-order valence-electron chi connectivity index (χ4n) is 1.78. The van der Waals surface area contributed by atoms with E-state index in [1.54, 1.807) is 10.9 Å². The zero-order valence-corrected chi connectivity index (χ0v) is 17.0. The van der Waals surface area contributed by atoms with Gasteiger partial charge in [0.05, 0.1) is 0 Å². The van der Waals surface area contributed by atoms with Crippen molar-refractivity contribution in [3.63, 3.8) is 0 Å². The molecule has 0 aliphatic carbocycles. The van der Waals surface area contributed by atoms with Crippen molar-refractivity contribution >= 4 is 35.8 Å². The average Bonchev–Trinajstić information content (AvgIpc) is 2.86. The van der Waals surface area contributed by atoms with E-state index >= 15 is 0 Å². The molecule has 0 atom stereocenters. The van der Waals surface area contributed by atoms with Crippen molar-refractivity contribution in [1.29, 1.82) is 0 Å². The summed E-state index contributed by atoms with van der Waals surface area (Å²) >= 11 is 4.61. The first-order valence-corrected chi connectivity index (χ1v) is 12.9. The fourth-order valence-corrected chi connectivity index (χ4v) is 3.20. The molecular formula is C14H20BrFN4OSSi. The van der Waals surface area contributed by atoms with Crippen molar-refractivity contribution in [3.8, 4) is 11.5 Å². The lowest BCUT2D eigenvalue weighted by atomic mass is 10.3. The second-order valence-electron chi connectivity index (χ2n) is 6.25. The number of nitrogens with zero attached hydrogens (tertiary/aromatic N) is 4. The minimum Gasteiger partial charge on any atom is -0.359 e. The highest BCUT2D eigenvalue weighted by atomic mass is 79.9. The van der Waals surface area contributed by atoms with Gasteiger partial charge in [-0.15, -0.1) is 5.10 Å². The van der Waals surface area contributed by atoms with Crippen LogP contribution in [0.25, 0.3) is 11.5 Å². The van der Waals surface area contributed by atoms with Crippen LogP contribution in [0.2, 0.25) is 25.7 Å². The van der Waals surface area contributed by atoms with Crippen LogP contribution < -0.4 is 0 Å². The molecule has 2 aromatic rings. The zero-order chi connectivity index (χ0) is 17.0. The van der Waals surface area contributed by atoms with Gasteiger partial charge in [0, 0.05) is 25.4 Å². The van der Waals surface area contributed by atoms with Gasteiger partial charge in [-0.25, -0.2) is 14.1 Å². The van der Waals surface area contributed by atoms with Crippen molar-refractivity contribution in [2.75, 3.05) is 12.9 Å². The Kier molecular flexibility index (Phi) is 6.35. The minimum absolute atomic E-state index is 0.176. The SMILES string of the molecule is CSc1nc(-c2ncc(Br)cc2F)n(COCC[Si](C)(C)C)n1. The Morgan fingerprint density at radius 1 is 1.39 bits per heavy atom. The predicted octanol–water partition coefficient (Wildman–Crippen LogP) is 4.28. The van der Waals surface area contributed by atoms with E-state index in [0.29, 0.717) is 22.1 Å². The number of thioether (sulfide) groups is 1. The Balaban J connectivity index is 2.18. The molecule has 2 heterocycles. The zero-order valence-electron chi connectivity index (χ0n) is 13.6. The van der Waals surface area contributed by atoms with Crippen molar-refractivity contribution in [3.05, 3.63) is 22.6 Å². The van der Waals surface area contributed by atoms with Gasteiger partial charge in [0.2, 0.25) is 5.16 Å². The second kappa shape index (κ2) is 7.87. The third-order valence-electron chi connectivity index (χ3n) is 3.06. The molecule has 0 radical (unpaired) electrons. The molecule has 0 saturated carbocycles. The Morgan fingerprint density at radius 2 is 2.13 bits per heavy atom. The molecule has 2 rings (SSSR count). The first-order valence-electron chi connectivity index (χ1n) is 7.18. The lowest BCUT2D eigenvalue weighted by Gasteiger charge is -2.15. The molecule has 0 spiro atoms. The summed E-state index contributed by atoms with van der Waals surface area (Å²) in [7, 11) is -1.14. The summed E-state index contributed by atoms with van der Waals surface area (Å²) < 4.78 is 22.0. The van der Waals surface area contributed by atoms with Gasteiger partial charge < -0.3 is 4.74 Å². The highest BCUT2D eigenvalue weighted by molar-refractivity contribution is 9.10. The van der Waals surface area contributed by atoms with Crippen LogP contribution in [0, 0.1) is 5.82 Å². The first kappa shape index (κ1) is 18.6. The Bertz CT molecular complexity index is 677. The minimum atomic E-state index is -1.14. The molecule has 0 amide bonds. The van der Waals surface area contributed by atoms with E-state index in [2.05, 4.69) is 50.6 Å². The molecule has 5 nitrogen and oxygen atoms in total. The van der Waals surface area contributed by atoms with E-state index in [0.717, 1.165) is 6.04 Å². The van der Waals surface area contributed by atoms with E-state index in [4.69, 9.17) is 4.74 Å². The van der Waals surface area contributed by atoms with Crippen LogP contribution in [0.3, 0.4) is 0 Å². The molecule has 0 fully saturated rings. The highest BCUT2D eigenvalue weighted by Gasteiger charge is 2.18. The lowest BCUT2D eigenvalue weighted by Crippen LogP contribution is -2.22. The molecule has 0 bridgehead atoms. The van der Waals surface area contributed by atoms with Gasteiger partial charge in [-0.3, -0.25) is 0 Å². The number of pyridine rings is 1. The van der Waals surface area contributed by atoms with E-state index in [-0.39, 0.29) is 12.4 Å². The lowest BCUT2D eigenvalue weighted by molar-refractivity contribution is 0.0788. The van der Waals surface area contributed by atoms with Crippen molar-refractivity contribution in [2.24, 2.45) is 0 Å². The van der Waals surface area contributed by atoms with Gasteiger partial charge in [-0.05, 0) is 34.3 Å². The average molecular weight is 419 g/mol. The number of hydrogen-bond acceptors (Lipinski definition) is 5. The van der Waals surface area contributed by atoms with Gasteiger partial charge in [0.15, 0.2) is 11.6 Å². The van der Waals surface area contributed by atoms with E-state index in [1.807, 2.05) is 6.26 Å². The maximum Gasteiger partial charge on any atom is 0.208 e. The topological polar surface area (TPSA) is 52.8 Å². The third-order valence-corrected chi connectivity index (χ3v) is 5.74. The molecule has 23 heavy (non-hydrogen) atoms. The predicted molar refractivity (Wildman–Crippen MR) is 96.8 cm³/mol. The Labute approximate surface area is 149 Å². The molecular weight excluding hydrogens is 399 g/mol. The maximum atomic E-state index is 14.2. The quantitative estimate of drug-likeness (QED) is 0.381. The van der Waals surface area contributed by atoms with Crippen LogP contribution in [0.5, 0.6) is 0 Å². The van der Waals surface area contributed by atoms with Crippen LogP contribution in [0.15, 0.2) is 21.9 Å². The normalized spacial score (nSPS) is 11.9. The summed E-state index contributed by atoms with van der Waals surface area (Å²) in [5.74, 6) is -0.0601. The van der Waals surface area contributed by atoms with Gasteiger partial charge in [0.25, 0.3) is 0 Å². The van der Waals surface area contributed by atoms with Crippen LogP contribution in [0.1, 0.15) is 0 Å². The molecule has 126 valence electrons. The van der Waals surface area contributed by atoms with Crippen LogP contribution in [0.4, 0.5) is 4.39 Å². The molecule has 2 aromatic heterocycles. The summed E-state index contributed by atoms with van der Waals surface area (Å²) in [4.78, 5) is 8.46. The molecule has 0 aliphatic rings. The van der Waals surface area contributed by atoms with Gasteiger partial charge in [-0.2, -0.15) is 4.98 Å². The molecule has 0 aliphatic heterocycles.